The highest BCUT2D eigenvalue weighted by Crippen LogP contribution is 2.34. The Labute approximate surface area is 131 Å². The number of amides is 1. The Morgan fingerprint density at radius 2 is 2.05 bits per heavy atom. The lowest BCUT2D eigenvalue weighted by Gasteiger charge is -2.23. The van der Waals surface area contributed by atoms with Gasteiger partial charge in [-0.1, -0.05) is 45.7 Å². The molecule has 1 aliphatic heterocycles. The lowest BCUT2D eigenvalue weighted by molar-refractivity contribution is 0.0981. The maximum atomic E-state index is 12.8. The summed E-state index contributed by atoms with van der Waals surface area (Å²) in [6.07, 6.45) is 0.882. The molecule has 2 aromatic rings. The maximum Gasteiger partial charge on any atom is 0.260 e. The van der Waals surface area contributed by atoms with Crippen LogP contribution >= 0.6 is 27.5 Å². The van der Waals surface area contributed by atoms with Gasteiger partial charge in [0.15, 0.2) is 0 Å². The van der Waals surface area contributed by atoms with Crippen LogP contribution in [0.25, 0.3) is 0 Å². The number of hydrogen-bond donors (Lipinski definition) is 0. The number of nitrogens with zero attached hydrogens (tertiary/aromatic N) is 1. The summed E-state index contributed by atoms with van der Waals surface area (Å²) in [4.78, 5) is 14.7. The van der Waals surface area contributed by atoms with Crippen molar-refractivity contribution in [3.8, 4) is 0 Å². The van der Waals surface area contributed by atoms with Crippen LogP contribution in [-0.4, -0.2) is 11.9 Å². The number of halogens is 2. The van der Waals surface area contributed by atoms with Crippen LogP contribution in [0.1, 0.15) is 22.8 Å². The third-order valence-corrected chi connectivity index (χ3v) is 4.41. The van der Waals surface area contributed by atoms with Crippen LogP contribution in [0.3, 0.4) is 0 Å². The molecule has 2 nitrogen and oxygen atoms in total. The molecule has 4 heteroatoms. The summed E-state index contributed by atoms with van der Waals surface area (Å²) in [5, 5.41) is 0.481. The van der Waals surface area contributed by atoms with E-state index in [-0.39, 0.29) is 11.9 Å². The Balaban J connectivity index is 2.05. The quantitative estimate of drug-likeness (QED) is 0.730. The van der Waals surface area contributed by atoms with Crippen LogP contribution in [0.2, 0.25) is 5.02 Å². The van der Waals surface area contributed by atoms with Gasteiger partial charge in [0.25, 0.3) is 5.91 Å². The molecule has 0 N–H and O–H groups in total. The molecule has 0 aromatic heterocycles. The molecular weight excluding hydrogens is 338 g/mol. The second kappa shape index (κ2) is 5.23. The minimum absolute atomic E-state index is 0.0475. The van der Waals surface area contributed by atoms with Crippen LogP contribution in [0.5, 0.6) is 0 Å². The molecule has 0 aliphatic carbocycles. The number of benzene rings is 2. The Bertz CT molecular complexity index is 686. The summed E-state index contributed by atoms with van der Waals surface area (Å²) in [7, 11) is 0. The fourth-order valence-corrected chi connectivity index (χ4v) is 3.23. The third kappa shape index (κ3) is 2.25. The van der Waals surface area contributed by atoms with Crippen LogP contribution in [-0.2, 0) is 6.42 Å². The monoisotopic (exact) mass is 349 g/mol. The fraction of sp³-hybridized carbons (Fsp3) is 0.188. The van der Waals surface area contributed by atoms with E-state index in [2.05, 4.69) is 28.9 Å². The van der Waals surface area contributed by atoms with Crippen molar-refractivity contribution in [3.05, 3.63) is 63.1 Å². The highest BCUT2D eigenvalue weighted by Gasteiger charge is 2.32. The fourth-order valence-electron chi connectivity index (χ4n) is 2.67. The number of fused-ring (bicyclic) bond motifs is 1. The Morgan fingerprint density at radius 3 is 2.85 bits per heavy atom. The molecule has 1 atom stereocenters. The average Bonchev–Trinajstić information content (AvgIpc) is 2.76. The zero-order valence-electron chi connectivity index (χ0n) is 10.9. The first-order chi connectivity index (χ1) is 9.58. The van der Waals surface area contributed by atoms with E-state index in [4.69, 9.17) is 11.6 Å². The molecule has 0 radical (unpaired) electrons. The van der Waals surface area contributed by atoms with Gasteiger partial charge in [0.2, 0.25) is 0 Å². The predicted molar refractivity (Wildman–Crippen MR) is 85.6 cm³/mol. The molecule has 102 valence electrons. The SMILES string of the molecule is C[C@@H]1Cc2ccccc2N1C(=O)c1cc(Br)ccc1Cl. The van der Waals surface area contributed by atoms with E-state index in [1.54, 1.807) is 12.1 Å². The summed E-state index contributed by atoms with van der Waals surface area (Å²) in [5.41, 5.74) is 2.73. The van der Waals surface area contributed by atoms with E-state index in [1.165, 1.54) is 5.56 Å². The normalized spacial score (nSPS) is 17.1. The van der Waals surface area contributed by atoms with Gasteiger partial charge in [0.1, 0.15) is 0 Å². The molecule has 1 amide bonds. The summed E-state index contributed by atoms with van der Waals surface area (Å²) in [5.74, 6) is -0.0475. The zero-order chi connectivity index (χ0) is 14.3. The molecule has 0 spiro atoms. The van der Waals surface area contributed by atoms with Gasteiger partial charge in [-0.25, -0.2) is 0 Å². The molecular formula is C16H13BrClNO. The lowest BCUT2D eigenvalue weighted by Crippen LogP contribution is -2.35. The van der Waals surface area contributed by atoms with Crippen molar-refractivity contribution in [3.63, 3.8) is 0 Å². The first kappa shape index (κ1) is 13.7. The van der Waals surface area contributed by atoms with Gasteiger partial charge in [-0.2, -0.15) is 0 Å². The zero-order valence-corrected chi connectivity index (χ0v) is 13.3. The van der Waals surface area contributed by atoms with Crippen LogP contribution in [0.4, 0.5) is 5.69 Å². The van der Waals surface area contributed by atoms with Crippen LogP contribution < -0.4 is 4.90 Å². The molecule has 0 bridgehead atoms. The molecule has 1 aliphatic rings. The standard InChI is InChI=1S/C16H13BrClNO/c1-10-8-11-4-2-3-5-15(11)19(10)16(20)13-9-12(17)6-7-14(13)18/h2-7,9-10H,8H2,1H3/t10-/m1/s1. The van der Waals surface area contributed by atoms with Gasteiger partial charge < -0.3 is 4.90 Å². The summed E-state index contributed by atoms with van der Waals surface area (Å²) in [6.45, 7) is 2.06. The number of rotatable bonds is 1. The van der Waals surface area contributed by atoms with Crippen molar-refractivity contribution in [2.45, 2.75) is 19.4 Å². The van der Waals surface area contributed by atoms with Crippen molar-refractivity contribution in [2.24, 2.45) is 0 Å². The van der Waals surface area contributed by atoms with Crippen molar-refractivity contribution in [2.75, 3.05) is 4.90 Å². The largest absolute Gasteiger partial charge is 0.305 e. The van der Waals surface area contributed by atoms with Crippen molar-refractivity contribution in [1.29, 1.82) is 0 Å². The lowest BCUT2D eigenvalue weighted by atomic mass is 10.1. The topological polar surface area (TPSA) is 20.3 Å². The Morgan fingerprint density at radius 1 is 1.30 bits per heavy atom. The van der Waals surface area contributed by atoms with E-state index >= 15 is 0 Å². The second-order valence-electron chi connectivity index (χ2n) is 4.98. The highest BCUT2D eigenvalue weighted by atomic mass is 79.9. The van der Waals surface area contributed by atoms with Crippen molar-refractivity contribution >= 4 is 39.1 Å². The molecule has 0 unspecified atom stereocenters. The first-order valence-electron chi connectivity index (χ1n) is 6.44. The first-order valence-corrected chi connectivity index (χ1v) is 7.61. The smallest absolute Gasteiger partial charge is 0.260 e. The van der Waals surface area contributed by atoms with E-state index in [0.717, 1.165) is 16.6 Å². The molecule has 20 heavy (non-hydrogen) atoms. The van der Waals surface area contributed by atoms with E-state index in [9.17, 15) is 4.79 Å². The van der Waals surface area contributed by atoms with Crippen molar-refractivity contribution < 1.29 is 4.79 Å². The molecule has 0 fully saturated rings. The van der Waals surface area contributed by atoms with E-state index in [1.807, 2.05) is 29.2 Å². The third-order valence-electron chi connectivity index (χ3n) is 3.58. The van der Waals surface area contributed by atoms with Crippen LogP contribution in [0.15, 0.2) is 46.9 Å². The molecule has 0 saturated heterocycles. The Kier molecular flexibility index (Phi) is 3.57. The van der Waals surface area contributed by atoms with Crippen LogP contribution in [0, 0.1) is 0 Å². The van der Waals surface area contributed by atoms with Gasteiger partial charge in [0, 0.05) is 16.2 Å². The summed E-state index contributed by atoms with van der Waals surface area (Å²) < 4.78 is 0.852. The summed E-state index contributed by atoms with van der Waals surface area (Å²) in [6, 6.07) is 13.5. The van der Waals surface area contributed by atoms with Gasteiger partial charge >= 0.3 is 0 Å². The second-order valence-corrected chi connectivity index (χ2v) is 6.30. The number of carbonyl (C=O) groups excluding carboxylic acids is 1. The number of anilines is 1. The minimum atomic E-state index is -0.0475. The number of carbonyl (C=O) groups is 1. The Hall–Kier alpha value is -1.32. The maximum absolute atomic E-state index is 12.8. The van der Waals surface area contributed by atoms with E-state index in [0.29, 0.717) is 10.6 Å². The number of para-hydroxylation sites is 1. The highest BCUT2D eigenvalue weighted by molar-refractivity contribution is 9.10. The number of hydrogen-bond acceptors (Lipinski definition) is 1. The molecule has 0 saturated carbocycles. The molecule has 3 rings (SSSR count). The predicted octanol–water partition coefficient (Wildman–Crippen LogP) is 4.69. The average molecular weight is 351 g/mol. The minimum Gasteiger partial charge on any atom is -0.305 e. The summed E-state index contributed by atoms with van der Waals surface area (Å²) >= 11 is 9.57. The molecule has 2 aromatic carbocycles. The van der Waals surface area contributed by atoms with Gasteiger partial charge in [-0.15, -0.1) is 0 Å². The van der Waals surface area contributed by atoms with Gasteiger partial charge in [-0.05, 0) is 43.2 Å². The van der Waals surface area contributed by atoms with Gasteiger partial charge in [-0.3, -0.25) is 4.79 Å². The van der Waals surface area contributed by atoms with Crippen molar-refractivity contribution in [1.82, 2.24) is 0 Å². The van der Waals surface area contributed by atoms with E-state index < -0.39 is 0 Å². The molecule has 1 heterocycles. The van der Waals surface area contributed by atoms with Gasteiger partial charge in [0.05, 0.1) is 10.6 Å².